The molecule has 6 heteroatoms. The van der Waals surface area contributed by atoms with Gasteiger partial charge in [0.05, 0.1) is 17.1 Å². The average Bonchev–Trinajstić information content (AvgIpc) is 3.41. The highest BCUT2D eigenvalue weighted by atomic mass is 15.0. The van der Waals surface area contributed by atoms with Crippen molar-refractivity contribution in [3.8, 4) is 113 Å². The minimum atomic E-state index is 0.592. The lowest BCUT2D eigenvalue weighted by Gasteiger charge is -2.17. The number of aryl methyl sites for hydroxylation is 1. The normalized spacial score (nSPS) is 11.1. The number of aromatic nitrogens is 6. The van der Waals surface area contributed by atoms with Gasteiger partial charge in [-0.1, -0.05) is 200 Å². The zero-order chi connectivity index (χ0) is 44.9. The molecule has 3 aromatic heterocycles. The number of nitrogens with zero attached hydrogens (tertiary/aromatic N) is 6. The van der Waals surface area contributed by atoms with E-state index < -0.39 is 0 Å². The number of rotatable bonds is 10. The maximum absolute atomic E-state index is 5.26. The lowest BCUT2D eigenvalue weighted by atomic mass is 9.89. The SMILES string of the molecule is Cc1cccc(-c2ccc(-c3cccc(-c4nc(-c5ccccc5)nc(-c5cccc(-c6ccccc6)c5)n4)c3)cc2-c2ccccc2-c2cc(-c3ccccc3)nc(-c3ccccc3)n2)n1. The smallest absolute Gasteiger partial charge is 0.164 e. The molecule has 316 valence electrons. The van der Waals surface area contributed by atoms with E-state index in [9.17, 15) is 0 Å². The van der Waals surface area contributed by atoms with E-state index in [1.165, 1.54) is 0 Å². The summed E-state index contributed by atoms with van der Waals surface area (Å²) in [6.45, 7) is 2.03. The third-order valence-corrected chi connectivity index (χ3v) is 11.9. The summed E-state index contributed by atoms with van der Waals surface area (Å²) in [5, 5.41) is 0. The van der Waals surface area contributed by atoms with Gasteiger partial charge >= 0.3 is 0 Å². The molecule has 0 amide bonds. The lowest BCUT2D eigenvalue weighted by molar-refractivity contribution is 1.07. The highest BCUT2D eigenvalue weighted by Crippen LogP contribution is 2.41. The number of pyridine rings is 1. The van der Waals surface area contributed by atoms with E-state index in [0.29, 0.717) is 23.3 Å². The van der Waals surface area contributed by atoms with E-state index in [2.05, 4.69) is 158 Å². The van der Waals surface area contributed by atoms with Crippen molar-refractivity contribution >= 4 is 0 Å². The molecular formula is C61H42N6. The molecule has 0 aliphatic carbocycles. The highest BCUT2D eigenvalue weighted by molar-refractivity contribution is 5.93. The summed E-state index contributed by atoms with van der Waals surface area (Å²) in [6, 6.07) is 81.2. The molecule has 0 radical (unpaired) electrons. The van der Waals surface area contributed by atoms with Crippen LogP contribution in [0.15, 0.2) is 237 Å². The van der Waals surface area contributed by atoms with Gasteiger partial charge in [-0.15, -0.1) is 0 Å². The Morgan fingerprint density at radius 2 is 0.627 bits per heavy atom. The first kappa shape index (κ1) is 40.8. The summed E-state index contributed by atoms with van der Waals surface area (Å²) in [7, 11) is 0. The van der Waals surface area contributed by atoms with Crippen molar-refractivity contribution in [1.29, 1.82) is 0 Å². The summed E-state index contributed by atoms with van der Waals surface area (Å²) in [5.41, 5.74) is 16.6. The van der Waals surface area contributed by atoms with Crippen LogP contribution in [-0.2, 0) is 0 Å². The van der Waals surface area contributed by atoms with Crippen LogP contribution >= 0.6 is 0 Å². The Kier molecular flexibility index (Phi) is 11.1. The third kappa shape index (κ3) is 8.67. The lowest BCUT2D eigenvalue weighted by Crippen LogP contribution is -2.00. The van der Waals surface area contributed by atoms with Crippen LogP contribution in [0.5, 0.6) is 0 Å². The minimum Gasteiger partial charge on any atom is -0.253 e. The van der Waals surface area contributed by atoms with Gasteiger partial charge in [0.25, 0.3) is 0 Å². The molecule has 0 spiro atoms. The molecule has 67 heavy (non-hydrogen) atoms. The zero-order valence-corrected chi connectivity index (χ0v) is 36.7. The largest absolute Gasteiger partial charge is 0.253 e. The van der Waals surface area contributed by atoms with E-state index in [1.54, 1.807) is 0 Å². The third-order valence-electron chi connectivity index (χ3n) is 11.9. The number of hydrogen-bond acceptors (Lipinski definition) is 6. The van der Waals surface area contributed by atoms with Gasteiger partial charge in [0.15, 0.2) is 23.3 Å². The summed E-state index contributed by atoms with van der Waals surface area (Å²) < 4.78 is 0. The molecule has 8 aromatic carbocycles. The van der Waals surface area contributed by atoms with Gasteiger partial charge in [0.1, 0.15) is 0 Å². The molecule has 11 aromatic rings. The maximum Gasteiger partial charge on any atom is 0.164 e. The second-order valence-electron chi connectivity index (χ2n) is 16.4. The fourth-order valence-corrected chi connectivity index (χ4v) is 8.52. The van der Waals surface area contributed by atoms with Crippen LogP contribution in [0.3, 0.4) is 0 Å². The van der Waals surface area contributed by atoms with Crippen LogP contribution in [0.25, 0.3) is 113 Å². The van der Waals surface area contributed by atoms with Crippen molar-refractivity contribution < 1.29 is 0 Å². The van der Waals surface area contributed by atoms with Crippen LogP contribution in [0.1, 0.15) is 5.69 Å². The standard InChI is InChI=1S/C61H42N6/c1-41-19-16-34-55(62-41)53-36-35-48(39-54(53)51-32-14-15-33-52(51)57-40-56(43-22-8-3-9-23-43)63-58(64-57)44-24-10-4-11-25-44)47-29-18-31-50(38-47)61-66-59(45-26-12-5-13-27-45)65-60(67-61)49-30-17-28-46(37-49)42-20-6-2-7-21-42/h2-40H,1H3. The van der Waals surface area contributed by atoms with Crippen LogP contribution < -0.4 is 0 Å². The molecule has 6 nitrogen and oxygen atoms in total. The first-order chi connectivity index (χ1) is 33.1. The quantitative estimate of drug-likeness (QED) is 0.136. The first-order valence-corrected chi connectivity index (χ1v) is 22.4. The Hall–Kier alpha value is -9.00. The van der Waals surface area contributed by atoms with Gasteiger partial charge < -0.3 is 0 Å². The molecule has 0 saturated heterocycles. The molecule has 0 aliphatic rings. The molecule has 0 unspecified atom stereocenters. The Morgan fingerprint density at radius 1 is 0.209 bits per heavy atom. The van der Waals surface area contributed by atoms with Gasteiger partial charge in [-0.25, -0.2) is 24.9 Å². The fraction of sp³-hybridized carbons (Fsp3) is 0.0164. The minimum absolute atomic E-state index is 0.592. The number of hydrogen-bond donors (Lipinski definition) is 0. The van der Waals surface area contributed by atoms with Crippen LogP contribution in [0.4, 0.5) is 0 Å². The van der Waals surface area contributed by atoms with Crippen LogP contribution in [0.2, 0.25) is 0 Å². The van der Waals surface area contributed by atoms with Crippen LogP contribution in [-0.4, -0.2) is 29.9 Å². The molecule has 3 heterocycles. The van der Waals surface area contributed by atoms with Crippen molar-refractivity contribution in [3.05, 3.63) is 242 Å². The predicted octanol–water partition coefficient (Wildman–Crippen LogP) is 15.0. The Balaban J connectivity index is 1.05. The van der Waals surface area contributed by atoms with Crippen molar-refractivity contribution in [1.82, 2.24) is 29.9 Å². The molecule has 0 atom stereocenters. The zero-order valence-electron chi connectivity index (χ0n) is 36.7. The Morgan fingerprint density at radius 3 is 1.22 bits per heavy atom. The maximum atomic E-state index is 5.26. The summed E-state index contributed by atoms with van der Waals surface area (Å²) in [5.74, 6) is 2.48. The molecule has 0 saturated carbocycles. The monoisotopic (exact) mass is 858 g/mol. The fourth-order valence-electron chi connectivity index (χ4n) is 8.52. The topological polar surface area (TPSA) is 77.3 Å². The summed E-state index contributed by atoms with van der Waals surface area (Å²) in [4.78, 5) is 30.7. The molecule has 0 N–H and O–H groups in total. The first-order valence-electron chi connectivity index (χ1n) is 22.4. The van der Waals surface area contributed by atoms with Crippen molar-refractivity contribution in [2.45, 2.75) is 6.92 Å². The van der Waals surface area contributed by atoms with Gasteiger partial charge in [0, 0.05) is 44.6 Å². The summed E-state index contributed by atoms with van der Waals surface area (Å²) in [6.07, 6.45) is 0. The summed E-state index contributed by atoms with van der Waals surface area (Å²) >= 11 is 0. The van der Waals surface area contributed by atoms with Gasteiger partial charge in [-0.2, -0.15) is 0 Å². The molecular weight excluding hydrogens is 817 g/mol. The van der Waals surface area contributed by atoms with E-state index in [-0.39, 0.29) is 0 Å². The van der Waals surface area contributed by atoms with Crippen LogP contribution in [0, 0.1) is 6.92 Å². The van der Waals surface area contributed by atoms with Crippen molar-refractivity contribution in [2.24, 2.45) is 0 Å². The predicted molar refractivity (Wildman–Crippen MR) is 272 cm³/mol. The van der Waals surface area contributed by atoms with E-state index in [1.807, 2.05) is 85.8 Å². The Bertz CT molecular complexity index is 3460. The van der Waals surface area contributed by atoms with Gasteiger partial charge in [-0.05, 0) is 76.7 Å². The van der Waals surface area contributed by atoms with Crippen molar-refractivity contribution in [2.75, 3.05) is 0 Å². The molecule has 11 rings (SSSR count). The highest BCUT2D eigenvalue weighted by Gasteiger charge is 2.19. The van der Waals surface area contributed by atoms with Gasteiger partial charge in [-0.3, -0.25) is 4.98 Å². The average molecular weight is 859 g/mol. The molecule has 0 bridgehead atoms. The second kappa shape index (κ2) is 18.2. The van der Waals surface area contributed by atoms with Crippen molar-refractivity contribution in [3.63, 3.8) is 0 Å². The van der Waals surface area contributed by atoms with E-state index in [0.717, 1.165) is 95.1 Å². The number of benzene rings is 8. The molecule has 0 aliphatic heterocycles. The Labute approximate surface area is 390 Å². The second-order valence-corrected chi connectivity index (χ2v) is 16.4. The molecule has 0 fully saturated rings. The van der Waals surface area contributed by atoms with E-state index in [4.69, 9.17) is 29.9 Å². The van der Waals surface area contributed by atoms with Gasteiger partial charge in [0.2, 0.25) is 0 Å². The van der Waals surface area contributed by atoms with E-state index >= 15 is 0 Å².